The Morgan fingerprint density at radius 3 is 2.46 bits per heavy atom. The van der Waals surface area contributed by atoms with Gasteiger partial charge in [-0.25, -0.2) is 0 Å². The lowest BCUT2D eigenvalue weighted by atomic mass is 9.76. The van der Waals surface area contributed by atoms with Crippen LogP contribution in [0.2, 0.25) is 0 Å². The minimum Gasteiger partial charge on any atom is -0.550 e. The fourth-order valence-electron chi connectivity index (χ4n) is 1.75. The molecule has 13 heavy (non-hydrogen) atoms. The Labute approximate surface area is 75.5 Å². The lowest BCUT2D eigenvalue weighted by molar-refractivity contribution is -0.494. The molecular formula is C8H12NO4-. The average molecular weight is 186 g/mol. The average Bonchev–Trinajstić information content (AvgIpc) is 2.04. The molecule has 0 radical (unpaired) electrons. The Balaban J connectivity index is 2.71. The van der Waals surface area contributed by atoms with Crippen molar-refractivity contribution in [3.8, 4) is 0 Å². The number of carbonyl (C=O) groups is 2. The third-order valence-corrected chi connectivity index (χ3v) is 2.61. The molecule has 3 N–H and O–H groups in total. The second-order valence-corrected chi connectivity index (χ2v) is 3.68. The van der Waals surface area contributed by atoms with Crippen molar-refractivity contribution in [3.63, 3.8) is 0 Å². The van der Waals surface area contributed by atoms with E-state index in [0.717, 1.165) is 0 Å². The van der Waals surface area contributed by atoms with E-state index < -0.39 is 23.4 Å². The van der Waals surface area contributed by atoms with E-state index in [2.05, 4.69) is 5.73 Å². The third kappa shape index (κ3) is 1.98. The second-order valence-electron chi connectivity index (χ2n) is 3.68. The van der Waals surface area contributed by atoms with Gasteiger partial charge in [-0.3, -0.25) is 0 Å². The molecule has 2 atom stereocenters. The molecule has 0 aliphatic heterocycles. The van der Waals surface area contributed by atoms with Crippen molar-refractivity contribution in [2.24, 2.45) is 5.92 Å². The van der Waals surface area contributed by atoms with Gasteiger partial charge in [0.15, 0.2) is 0 Å². The normalized spacial score (nSPS) is 34.1. The number of carboxylic acids is 2. The van der Waals surface area contributed by atoms with Gasteiger partial charge in [0.1, 0.15) is 11.5 Å². The molecule has 1 saturated carbocycles. The van der Waals surface area contributed by atoms with Gasteiger partial charge in [0, 0.05) is 24.7 Å². The van der Waals surface area contributed by atoms with Crippen molar-refractivity contribution in [2.45, 2.75) is 31.2 Å². The monoisotopic (exact) mass is 186 g/mol. The van der Waals surface area contributed by atoms with Crippen molar-refractivity contribution < 1.29 is 25.5 Å². The first-order valence-corrected chi connectivity index (χ1v) is 4.23. The van der Waals surface area contributed by atoms with Crippen LogP contribution < -0.4 is 15.9 Å². The fraction of sp³-hybridized carbons (Fsp3) is 0.750. The van der Waals surface area contributed by atoms with Crippen LogP contribution in [0.1, 0.15) is 25.7 Å². The molecule has 1 aliphatic carbocycles. The Kier molecular flexibility index (Phi) is 2.56. The SMILES string of the molecule is [NH3+]C1(C(=O)[O-])CCCC(C(=O)[O-])C1. The highest BCUT2D eigenvalue weighted by Gasteiger charge is 2.38. The number of hydrogen-bond acceptors (Lipinski definition) is 4. The van der Waals surface area contributed by atoms with Crippen LogP contribution in [0, 0.1) is 5.92 Å². The molecule has 0 saturated heterocycles. The molecule has 5 nitrogen and oxygen atoms in total. The van der Waals surface area contributed by atoms with Gasteiger partial charge < -0.3 is 25.5 Å². The van der Waals surface area contributed by atoms with Gasteiger partial charge in [0.2, 0.25) is 0 Å². The minimum atomic E-state index is -1.27. The molecule has 74 valence electrons. The number of quaternary nitrogens is 1. The minimum absolute atomic E-state index is 0.0255. The highest BCUT2D eigenvalue weighted by Crippen LogP contribution is 2.28. The third-order valence-electron chi connectivity index (χ3n) is 2.61. The number of aliphatic carboxylic acids is 2. The molecule has 0 aromatic carbocycles. The summed E-state index contributed by atoms with van der Waals surface area (Å²) in [5.41, 5.74) is 2.27. The van der Waals surface area contributed by atoms with Crippen LogP contribution in [0.25, 0.3) is 0 Å². The maximum Gasteiger partial charge on any atom is 0.135 e. The van der Waals surface area contributed by atoms with Crippen LogP contribution in [0.5, 0.6) is 0 Å². The van der Waals surface area contributed by atoms with E-state index >= 15 is 0 Å². The van der Waals surface area contributed by atoms with Crippen LogP contribution in [0.3, 0.4) is 0 Å². The molecular weight excluding hydrogens is 174 g/mol. The number of rotatable bonds is 2. The Morgan fingerprint density at radius 2 is 2.00 bits per heavy atom. The zero-order valence-corrected chi connectivity index (χ0v) is 7.25. The predicted molar refractivity (Wildman–Crippen MR) is 37.6 cm³/mol. The molecule has 2 unspecified atom stereocenters. The standard InChI is InChI=1S/C8H13NO4/c9-8(7(12)13)3-1-2-5(4-8)6(10)11/h5H,1-4,9H2,(H,10,11)(H,12,13)/p-1. The molecule has 0 aromatic heterocycles. The topological polar surface area (TPSA) is 108 Å². The molecule has 5 heteroatoms. The molecule has 0 heterocycles. The van der Waals surface area contributed by atoms with Crippen molar-refractivity contribution in [1.82, 2.24) is 0 Å². The van der Waals surface area contributed by atoms with Crippen LogP contribution >= 0.6 is 0 Å². The predicted octanol–water partition coefficient (Wildman–Crippen LogP) is -3.34. The van der Waals surface area contributed by atoms with Gasteiger partial charge in [-0.05, 0) is 12.8 Å². The van der Waals surface area contributed by atoms with Crippen LogP contribution in [0.4, 0.5) is 0 Å². The van der Waals surface area contributed by atoms with E-state index in [9.17, 15) is 19.8 Å². The molecule has 0 amide bonds. The van der Waals surface area contributed by atoms with E-state index in [1.54, 1.807) is 0 Å². The van der Waals surface area contributed by atoms with E-state index in [1.165, 1.54) is 0 Å². The molecule has 1 rings (SSSR count). The first-order valence-electron chi connectivity index (χ1n) is 4.23. The fourth-order valence-corrected chi connectivity index (χ4v) is 1.75. The lowest BCUT2D eigenvalue weighted by Gasteiger charge is -2.35. The highest BCUT2D eigenvalue weighted by atomic mass is 16.4. The van der Waals surface area contributed by atoms with Crippen LogP contribution in [-0.2, 0) is 9.59 Å². The number of hydrogen-bond donors (Lipinski definition) is 1. The maximum atomic E-state index is 10.7. The highest BCUT2D eigenvalue weighted by molar-refractivity contribution is 5.76. The first-order chi connectivity index (χ1) is 5.96. The van der Waals surface area contributed by atoms with Crippen LogP contribution in [-0.4, -0.2) is 17.5 Å². The summed E-state index contributed by atoms with van der Waals surface area (Å²) in [5, 5.41) is 21.2. The Morgan fingerprint density at radius 1 is 1.38 bits per heavy atom. The first kappa shape index (κ1) is 9.98. The van der Waals surface area contributed by atoms with Crippen molar-refractivity contribution in [3.05, 3.63) is 0 Å². The zero-order chi connectivity index (χ0) is 10.1. The Bertz CT molecular complexity index is 240. The van der Waals surface area contributed by atoms with Gasteiger partial charge in [0.05, 0.1) is 0 Å². The summed E-state index contributed by atoms with van der Waals surface area (Å²) in [6.45, 7) is 0. The van der Waals surface area contributed by atoms with E-state index in [1.807, 2.05) is 0 Å². The van der Waals surface area contributed by atoms with E-state index in [4.69, 9.17) is 0 Å². The smallest absolute Gasteiger partial charge is 0.135 e. The van der Waals surface area contributed by atoms with E-state index in [-0.39, 0.29) is 6.42 Å². The molecule has 0 bridgehead atoms. The summed E-state index contributed by atoms with van der Waals surface area (Å²) < 4.78 is 0. The summed E-state index contributed by atoms with van der Waals surface area (Å²) >= 11 is 0. The van der Waals surface area contributed by atoms with Gasteiger partial charge >= 0.3 is 0 Å². The van der Waals surface area contributed by atoms with Crippen molar-refractivity contribution in [1.29, 1.82) is 0 Å². The van der Waals surface area contributed by atoms with Crippen LogP contribution in [0.15, 0.2) is 0 Å². The second kappa shape index (κ2) is 3.33. The van der Waals surface area contributed by atoms with E-state index in [0.29, 0.717) is 19.3 Å². The van der Waals surface area contributed by atoms with Crippen molar-refractivity contribution in [2.75, 3.05) is 0 Å². The summed E-state index contributed by atoms with van der Waals surface area (Å²) in [4.78, 5) is 21.2. The summed E-state index contributed by atoms with van der Waals surface area (Å²) in [7, 11) is 0. The summed E-state index contributed by atoms with van der Waals surface area (Å²) in [6, 6.07) is 0. The van der Waals surface area contributed by atoms with Gasteiger partial charge in [-0.2, -0.15) is 0 Å². The molecule has 1 fully saturated rings. The van der Waals surface area contributed by atoms with Crippen molar-refractivity contribution >= 4 is 11.9 Å². The van der Waals surface area contributed by atoms with Gasteiger partial charge in [0.25, 0.3) is 0 Å². The molecule has 0 aromatic rings. The number of carboxylic acid groups (broad SMARTS) is 2. The maximum absolute atomic E-state index is 10.7. The van der Waals surface area contributed by atoms with Gasteiger partial charge in [-0.15, -0.1) is 0 Å². The molecule has 0 spiro atoms. The largest absolute Gasteiger partial charge is 0.550 e. The lowest BCUT2D eigenvalue weighted by Crippen LogP contribution is -2.80. The summed E-state index contributed by atoms with van der Waals surface area (Å²) in [6.07, 6.45) is 1.44. The summed E-state index contributed by atoms with van der Waals surface area (Å²) in [5.74, 6) is -3.14. The number of carbonyl (C=O) groups excluding carboxylic acids is 2. The molecule has 1 aliphatic rings. The quantitative estimate of drug-likeness (QED) is 0.486. The van der Waals surface area contributed by atoms with Gasteiger partial charge in [-0.1, -0.05) is 0 Å². The Hall–Kier alpha value is -1.10. The zero-order valence-electron chi connectivity index (χ0n) is 7.25.